The molecule has 1 unspecified atom stereocenters. The lowest BCUT2D eigenvalue weighted by Crippen LogP contribution is -2.36. The van der Waals surface area contributed by atoms with Crippen LogP contribution in [-0.2, 0) is 4.79 Å². The summed E-state index contributed by atoms with van der Waals surface area (Å²) in [5.74, 6) is -0.121. The number of halogens is 2. The number of amides is 1. The van der Waals surface area contributed by atoms with Gasteiger partial charge in [0.25, 0.3) is 5.56 Å². The highest BCUT2D eigenvalue weighted by Crippen LogP contribution is 2.18. The van der Waals surface area contributed by atoms with Crippen molar-refractivity contribution in [3.63, 3.8) is 0 Å². The van der Waals surface area contributed by atoms with Gasteiger partial charge in [0.1, 0.15) is 21.1 Å². The normalized spacial score (nSPS) is 20.8. The third-order valence-electron chi connectivity index (χ3n) is 2.74. The van der Waals surface area contributed by atoms with E-state index >= 15 is 0 Å². The first-order valence-electron chi connectivity index (χ1n) is 5.31. The number of hydrogen-bond donors (Lipinski definition) is 1. The number of aromatic nitrogens is 2. The fourth-order valence-corrected chi connectivity index (χ4v) is 2.38. The van der Waals surface area contributed by atoms with Gasteiger partial charge in [-0.05, 0) is 41.9 Å². The summed E-state index contributed by atoms with van der Waals surface area (Å²) in [6.07, 6.45) is 3.86. The molecule has 0 saturated carbocycles. The minimum atomic E-state index is -0.469. The Morgan fingerprint density at radius 1 is 1.47 bits per heavy atom. The summed E-state index contributed by atoms with van der Waals surface area (Å²) in [5, 5.41) is 2.97. The minimum absolute atomic E-state index is 0.121. The highest BCUT2D eigenvalue weighted by atomic mass is 127. The highest BCUT2D eigenvalue weighted by Gasteiger charge is 2.24. The van der Waals surface area contributed by atoms with Gasteiger partial charge < -0.3 is 5.32 Å². The second kappa shape index (κ2) is 5.34. The van der Waals surface area contributed by atoms with Gasteiger partial charge in [0.2, 0.25) is 5.91 Å². The zero-order valence-corrected chi connectivity index (χ0v) is 11.9. The average molecular weight is 368 g/mol. The summed E-state index contributed by atoms with van der Waals surface area (Å²) in [6.45, 7) is 0.669. The SMILES string of the molecule is O=C1NCCCCC1n1cnc(Cl)c(I)c1=O. The highest BCUT2D eigenvalue weighted by molar-refractivity contribution is 14.1. The lowest BCUT2D eigenvalue weighted by Gasteiger charge is -2.16. The van der Waals surface area contributed by atoms with Crippen LogP contribution in [0.1, 0.15) is 25.3 Å². The van der Waals surface area contributed by atoms with Gasteiger partial charge in [0, 0.05) is 6.54 Å². The molecule has 1 aromatic heterocycles. The van der Waals surface area contributed by atoms with Crippen molar-refractivity contribution in [2.45, 2.75) is 25.3 Å². The summed E-state index contributed by atoms with van der Waals surface area (Å²) < 4.78 is 1.72. The second-order valence-corrected chi connectivity index (χ2v) is 5.30. The predicted molar refractivity (Wildman–Crippen MR) is 72.1 cm³/mol. The van der Waals surface area contributed by atoms with E-state index in [4.69, 9.17) is 11.6 Å². The zero-order chi connectivity index (χ0) is 12.4. The summed E-state index contributed by atoms with van der Waals surface area (Å²) in [7, 11) is 0. The third kappa shape index (κ3) is 2.62. The van der Waals surface area contributed by atoms with Crippen molar-refractivity contribution in [2.75, 3.05) is 6.54 Å². The second-order valence-electron chi connectivity index (χ2n) is 3.86. The lowest BCUT2D eigenvalue weighted by atomic mass is 10.1. The Balaban J connectivity index is 2.42. The molecular weight excluding hydrogens is 356 g/mol. The maximum atomic E-state index is 12.0. The van der Waals surface area contributed by atoms with Gasteiger partial charge in [-0.1, -0.05) is 11.6 Å². The van der Waals surface area contributed by atoms with E-state index in [9.17, 15) is 9.59 Å². The molecule has 1 amide bonds. The molecule has 2 heterocycles. The molecule has 0 aromatic carbocycles. The summed E-state index contributed by atoms with van der Waals surface area (Å²) >= 11 is 7.61. The Hall–Kier alpha value is -0.630. The fraction of sp³-hybridized carbons (Fsp3) is 0.500. The molecule has 5 nitrogen and oxygen atoms in total. The molecule has 1 N–H and O–H groups in total. The van der Waals surface area contributed by atoms with Crippen LogP contribution in [0.25, 0.3) is 0 Å². The maximum absolute atomic E-state index is 12.0. The van der Waals surface area contributed by atoms with Crippen LogP contribution in [0.5, 0.6) is 0 Å². The monoisotopic (exact) mass is 367 g/mol. The largest absolute Gasteiger partial charge is 0.354 e. The Kier molecular flexibility index (Phi) is 4.03. The van der Waals surface area contributed by atoms with Gasteiger partial charge in [-0.15, -0.1) is 0 Å². The van der Waals surface area contributed by atoms with E-state index in [1.165, 1.54) is 10.9 Å². The van der Waals surface area contributed by atoms with E-state index in [1.54, 1.807) is 0 Å². The number of nitrogens with zero attached hydrogens (tertiary/aromatic N) is 2. The van der Waals surface area contributed by atoms with E-state index in [0.29, 0.717) is 16.5 Å². The molecular formula is C10H11ClIN3O2. The smallest absolute Gasteiger partial charge is 0.269 e. The van der Waals surface area contributed by atoms with Crippen molar-refractivity contribution in [3.8, 4) is 0 Å². The van der Waals surface area contributed by atoms with Crippen LogP contribution in [0.3, 0.4) is 0 Å². The Bertz CT molecular complexity index is 503. The number of carbonyl (C=O) groups excluding carboxylic acids is 1. The Morgan fingerprint density at radius 2 is 2.24 bits per heavy atom. The molecule has 0 aliphatic carbocycles. The average Bonchev–Trinajstić information content (AvgIpc) is 2.52. The lowest BCUT2D eigenvalue weighted by molar-refractivity contribution is -0.124. The number of hydrogen-bond acceptors (Lipinski definition) is 3. The molecule has 2 rings (SSSR count). The van der Waals surface area contributed by atoms with E-state index in [0.717, 1.165) is 12.8 Å². The van der Waals surface area contributed by atoms with Crippen LogP contribution >= 0.6 is 34.2 Å². The van der Waals surface area contributed by atoms with Gasteiger partial charge >= 0.3 is 0 Å². The minimum Gasteiger partial charge on any atom is -0.354 e. The molecule has 1 aliphatic heterocycles. The predicted octanol–water partition coefficient (Wildman–Crippen LogP) is 1.34. The number of nitrogens with one attached hydrogen (secondary N) is 1. The summed E-state index contributed by atoms with van der Waals surface area (Å²) in [5.41, 5.74) is -0.257. The van der Waals surface area contributed by atoms with Gasteiger partial charge in [0.05, 0.1) is 0 Å². The topological polar surface area (TPSA) is 64.0 Å². The molecule has 17 heavy (non-hydrogen) atoms. The molecule has 1 atom stereocenters. The molecule has 1 aliphatic rings. The molecule has 0 radical (unpaired) electrons. The van der Waals surface area contributed by atoms with Crippen LogP contribution in [0.2, 0.25) is 5.15 Å². The van der Waals surface area contributed by atoms with Gasteiger partial charge in [-0.25, -0.2) is 4.98 Å². The van der Waals surface area contributed by atoms with Crippen LogP contribution in [-0.4, -0.2) is 22.0 Å². The van der Waals surface area contributed by atoms with Gasteiger partial charge in [-0.3, -0.25) is 14.2 Å². The molecule has 0 spiro atoms. The standard InChI is InChI=1S/C10H11ClIN3O2/c11-8-7(12)10(17)15(5-14-8)6-3-1-2-4-13-9(6)16/h5-6H,1-4H2,(H,13,16). The Morgan fingerprint density at radius 3 is 3.00 bits per heavy atom. The number of carbonyl (C=O) groups is 1. The first kappa shape index (κ1) is 12.8. The molecule has 1 fully saturated rings. The van der Waals surface area contributed by atoms with Crippen molar-refractivity contribution in [1.82, 2.24) is 14.9 Å². The van der Waals surface area contributed by atoms with E-state index in [1.807, 2.05) is 22.6 Å². The molecule has 1 saturated heterocycles. The molecule has 92 valence electrons. The number of rotatable bonds is 1. The van der Waals surface area contributed by atoms with Crippen molar-refractivity contribution in [2.24, 2.45) is 0 Å². The van der Waals surface area contributed by atoms with Crippen LogP contribution < -0.4 is 10.9 Å². The zero-order valence-electron chi connectivity index (χ0n) is 8.95. The quantitative estimate of drug-likeness (QED) is 0.602. The van der Waals surface area contributed by atoms with Crippen molar-refractivity contribution in [3.05, 3.63) is 25.4 Å². The van der Waals surface area contributed by atoms with E-state index in [-0.39, 0.29) is 16.6 Å². The molecule has 0 bridgehead atoms. The van der Waals surface area contributed by atoms with Crippen molar-refractivity contribution < 1.29 is 4.79 Å². The van der Waals surface area contributed by atoms with E-state index in [2.05, 4.69) is 10.3 Å². The first-order chi connectivity index (χ1) is 8.11. The van der Waals surface area contributed by atoms with Crippen LogP contribution in [0.15, 0.2) is 11.1 Å². The van der Waals surface area contributed by atoms with Gasteiger partial charge in [0.15, 0.2) is 0 Å². The fourth-order valence-electron chi connectivity index (χ4n) is 1.83. The summed E-state index contributed by atoms with van der Waals surface area (Å²) in [4.78, 5) is 27.7. The molecule has 7 heteroatoms. The van der Waals surface area contributed by atoms with Crippen LogP contribution in [0.4, 0.5) is 0 Å². The Labute approximate surface area is 117 Å². The van der Waals surface area contributed by atoms with Crippen molar-refractivity contribution >= 4 is 40.1 Å². The first-order valence-corrected chi connectivity index (χ1v) is 6.77. The van der Waals surface area contributed by atoms with Gasteiger partial charge in [-0.2, -0.15) is 0 Å². The maximum Gasteiger partial charge on any atom is 0.269 e. The third-order valence-corrected chi connectivity index (χ3v) is 4.32. The van der Waals surface area contributed by atoms with E-state index < -0.39 is 6.04 Å². The van der Waals surface area contributed by atoms with Crippen LogP contribution in [0, 0.1) is 3.57 Å². The van der Waals surface area contributed by atoms with Crippen molar-refractivity contribution in [1.29, 1.82) is 0 Å². The summed E-state index contributed by atoms with van der Waals surface area (Å²) in [6, 6.07) is -0.469. The molecule has 1 aromatic rings.